The van der Waals surface area contributed by atoms with Crippen LogP contribution in [0.25, 0.3) is 0 Å². The summed E-state index contributed by atoms with van der Waals surface area (Å²) in [6, 6.07) is 6.90. The Morgan fingerprint density at radius 2 is 1.40 bits per heavy atom. The van der Waals surface area contributed by atoms with E-state index in [9.17, 15) is 9.59 Å². The highest BCUT2D eigenvalue weighted by Gasteiger charge is 2.34. The van der Waals surface area contributed by atoms with Gasteiger partial charge in [-0.25, -0.2) is 0 Å². The van der Waals surface area contributed by atoms with Crippen LogP contribution in [0.5, 0.6) is 0 Å². The van der Waals surface area contributed by atoms with E-state index < -0.39 is 0 Å². The molecule has 1 aromatic rings. The minimum Gasteiger partial charge on any atom is -0.299 e. The summed E-state index contributed by atoms with van der Waals surface area (Å²) in [5, 5.41) is 0. The van der Waals surface area contributed by atoms with Crippen LogP contribution in [0.2, 0.25) is 0 Å². The van der Waals surface area contributed by atoms with Crippen molar-refractivity contribution in [3.8, 4) is 0 Å². The van der Waals surface area contributed by atoms with Crippen LogP contribution in [0.1, 0.15) is 20.7 Å². The van der Waals surface area contributed by atoms with Crippen LogP contribution < -0.4 is 0 Å². The molecule has 0 saturated carbocycles. The van der Waals surface area contributed by atoms with Gasteiger partial charge in [0.25, 0.3) is 11.8 Å². The van der Waals surface area contributed by atoms with Gasteiger partial charge in [0, 0.05) is 37.9 Å². The lowest BCUT2D eigenvalue weighted by Gasteiger charge is -2.22. The molecular formula is C14H16Cl2N2O2. The van der Waals surface area contributed by atoms with E-state index in [0.29, 0.717) is 49.1 Å². The van der Waals surface area contributed by atoms with Gasteiger partial charge in [-0.05, 0) is 12.1 Å². The molecular weight excluding hydrogens is 299 g/mol. The topological polar surface area (TPSA) is 40.6 Å². The number of carbonyl (C=O) groups is 2. The Morgan fingerprint density at radius 3 is 1.85 bits per heavy atom. The van der Waals surface area contributed by atoms with E-state index in [1.807, 2.05) is 4.90 Å². The normalized spacial score (nSPS) is 14.2. The quantitative estimate of drug-likeness (QED) is 0.571. The SMILES string of the molecule is O=C1c2ccccc2C(=O)N1CCN(CCCl)CCCl. The zero-order valence-electron chi connectivity index (χ0n) is 11.0. The highest BCUT2D eigenvalue weighted by atomic mass is 35.5. The van der Waals surface area contributed by atoms with E-state index in [1.54, 1.807) is 24.3 Å². The number of carbonyl (C=O) groups excluding carboxylic acids is 2. The monoisotopic (exact) mass is 314 g/mol. The molecule has 1 heterocycles. The Hall–Kier alpha value is -1.10. The van der Waals surface area contributed by atoms with Gasteiger partial charge in [0.1, 0.15) is 0 Å². The van der Waals surface area contributed by atoms with E-state index in [4.69, 9.17) is 23.2 Å². The molecule has 0 bridgehead atoms. The first-order valence-corrected chi connectivity index (χ1v) is 7.55. The fourth-order valence-corrected chi connectivity index (χ4v) is 2.74. The van der Waals surface area contributed by atoms with Crippen LogP contribution in [-0.2, 0) is 0 Å². The summed E-state index contributed by atoms with van der Waals surface area (Å²) in [4.78, 5) is 27.7. The third-order valence-electron chi connectivity index (χ3n) is 3.32. The number of imide groups is 1. The highest BCUT2D eigenvalue weighted by Crippen LogP contribution is 2.21. The third-order valence-corrected chi connectivity index (χ3v) is 3.66. The number of fused-ring (bicyclic) bond motifs is 1. The zero-order valence-corrected chi connectivity index (χ0v) is 12.5. The summed E-state index contributed by atoms with van der Waals surface area (Å²) < 4.78 is 0. The molecule has 0 aliphatic carbocycles. The molecule has 2 rings (SSSR count). The van der Waals surface area contributed by atoms with Crippen LogP contribution in [0.3, 0.4) is 0 Å². The molecule has 0 N–H and O–H groups in total. The average Bonchev–Trinajstić information content (AvgIpc) is 2.70. The smallest absolute Gasteiger partial charge is 0.261 e. The minimum absolute atomic E-state index is 0.220. The Kier molecular flexibility index (Phi) is 5.40. The van der Waals surface area contributed by atoms with Crippen molar-refractivity contribution in [1.29, 1.82) is 0 Å². The maximum atomic E-state index is 12.2. The van der Waals surface area contributed by atoms with Crippen molar-refractivity contribution in [3.05, 3.63) is 35.4 Å². The lowest BCUT2D eigenvalue weighted by molar-refractivity contribution is 0.0638. The number of hydrogen-bond acceptors (Lipinski definition) is 3. The van der Waals surface area contributed by atoms with Crippen LogP contribution in [0.4, 0.5) is 0 Å². The molecule has 0 aromatic heterocycles. The van der Waals surface area contributed by atoms with Gasteiger partial charge in [-0.2, -0.15) is 0 Å². The highest BCUT2D eigenvalue weighted by molar-refractivity contribution is 6.21. The fourth-order valence-electron chi connectivity index (χ4n) is 2.26. The van der Waals surface area contributed by atoms with Crippen molar-refractivity contribution < 1.29 is 9.59 Å². The van der Waals surface area contributed by atoms with Gasteiger partial charge < -0.3 is 0 Å². The van der Waals surface area contributed by atoms with Crippen LogP contribution in [0, 0.1) is 0 Å². The Labute approximate surface area is 128 Å². The van der Waals surface area contributed by atoms with Crippen LogP contribution >= 0.6 is 23.2 Å². The van der Waals surface area contributed by atoms with Gasteiger partial charge in [0.05, 0.1) is 11.1 Å². The van der Waals surface area contributed by atoms with Gasteiger partial charge >= 0.3 is 0 Å². The maximum Gasteiger partial charge on any atom is 0.261 e. The molecule has 20 heavy (non-hydrogen) atoms. The third kappa shape index (κ3) is 3.14. The van der Waals surface area contributed by atoms with E-state index in [2.05, 4.69) is 0 Å². The molecule has 2 amide bonds. The molecule has 1 aliphatic rings. The second kappa shape index (κ2) is 7.07. The van der Waals surface area contributed by atoms with E-state index in [1.165, 1.54) is 4.90 Å². The van der Waals surface area contributed by atoms with Crippen LogP contribution in [-0.4, -0.2) is 59.6 Å². The second-order valence-electron chi connectivity index (χ2n) is 4.53. The van der Waals surface area contributed by atoms with E-state index in [-0.39, 0.29) is 11.8 Å². The molecule has 4 nitrogen and oxygen atoms in total. The Bertz CT molecular complexity index is 467. The molecule has 0 saturated heterocycles. The van der Waals surface area contributed by atoms with E-state index >= 15 is 0 Å². The van der Waals surface area contributed by atoms with Crippen molar-refractivity contribution in [2.75, 3.05) is 37.9 Å². The van der Waals surface area contributed by atoms with Crippen molar-refractivity contribution in [3.63, 3.8) is 0 Å². The van der Waals surface area contributed by atoms with Crippen molar-refractivity contribution in [1.82, 2.24) is 9.80 Å². The minimum atomic E-state index is -0.220. The summed E-state index contributed by atoms with van der Waals surface area (Å²) in [7, 11) is 0. The summed E-state index contributed by atoms with van der Waals surface area (Å²) in [6.07, 6.45) is 0. The van der Waals surface area contributed by atoms with Gasteiger partial charge in [-0.15, -0.1) is 23.2 Å². The second-order valence-corrected chi connectivity index (χ2v) is 5.28. The summed E-state index contributed by atoms with van der Waals surface area (Å²) >= 11 is 11.5. The summed E-state index contributed by atoms with van der Waals surface area (Å²) in [5.41, 5.74) is 0.970. The van der Waals surface area contributed by atoms with E-state index in [0.717, 1.165) is 0 Å². The number of halogens is 2. The fraction of sp³-hybridized carbons (Fsp3) is 0.429. The molecule has 0 radical (unpaired) electrons. The van der Waals surface area contributed by atoms with Crippen LogP contribution in [0.15, 0.2) is 24.3 Å². The molecule has 1 aliphatic heterocycles. The zero-order chi connectivity index (χ0) is 14.5. The van der Waals surface area contributed by atoms with Crippen molar-refractivity contribution in [2.45, 2.75) is 0 Å². The number of benzene rings is 1. The Balaban J connectivity index is 2.01. The first-order chi connectivity index (χ1) is 9.69. The predicted molar refractivity (Wildman–Crippen MR) is 79.7 cm³/mol. The first kappa shape index (κ1) is 15.3. The molecule has 0 fully saturated rings. The lowest BCUT2D eigenvalue weighted by Crippen LogP contribution is -2.39. The summed E-state index contributed by atoms with van der Waals surface area (Å²) in [6.45, 7) is 2.33. The number of hydrogen-bond donors (Lipinski definition) is 0. The van der Waals surface area contributed by atoms with Gasteiger partial charge in [0.2, 0.25) is 0 Å². The standard InChI is InChI=1S/C14H16Cl2N2O2/c15-5-7-17(8-6-16)9-10-18-13(19)11-3-1-2-4-12(11)14(18)20/h1-4H,5-10H2. The van der Waals surface area contributed by atoms with Gasteiger partial charge in [-0.1, -0.05) is 12.1 Å². The maximum absolute atomic E-state index is 12.2. The van der Waals surface area contributed by atoms with Gasteiger partial charge in [-0.3, -0.25) is 19.4 Å². The molecule has 0 atom stereocenters. The number of amides is 2. The van der Waals surface area contributed by atoms with Gasteiger partial charge in [0.15, 0.2) is 0 Å². The number of alkyl halides is 2. The molecule has 0 unspecified atom stereocenters. The average molecular weight is 315 g/mol. The van der Waals surface area contributed by atoms with Crippen molar-refractivity contribution >= 4 is 35.0 Å². The molecule has 1 aromatic carbocycles. The predicted octanol–water partition coefficient (Wildman–Crippen LogP) is 2.06. The molecule has 6 heteroatoms. The Morgan fingerprint density at radius 1 is 0.900 bits per heavy atom. The molecule has 0 spiro atoms. The summed E-state index contributed by atoms with van der Waals surface area (Å²) in [5.74, 6) is 0.558. The molecule has 108 valence electrons. The van der Waals surface area contributed by atoms with Crippen molar-refractivity contribution in [2.24, 2.45) is 0 Å². The lowest BCUT2D eigenvalue weighted by atomic mass is 10.1. The number of nitrogens with zero attached hydrogens (tertiary/aromatic N) is 2. The number of rotatable bonds is 7. The largest absolute Gasteiger partial charge is 0.299 e. The first-order valence-electron chi connectivity index (χ1n) is 6.48.